The Labute approximate surface area is 178 Å². The maximum Gasteiger partial charge on any atom is 0.255 e. The minimum atomic E-state index is 0.105. The van der Waals surface area contributed by atoms with E-state index in [0.29, 0.717) is 13.1 Å². The van der Waals surface area contributed by atoms with Crippen LogP contribution in [0.5, 0.6) is 0 Å². The Balaban J connectivity index is 1.49. The van der Waals surface area contributed by atoms with Crippen molar-refractivity contribution in [1.82, 2.24) is 14.9 Å². The summed E-state index contributed by atoms with van der Waals surface area (Å²) in [5.74, 6) is 1.79. The van der Waals surface area contributed by atoms with Gasteiger partial charge in [-0.25, -0.2) is 9.97 Å². The van der Waals surface area contributed by atoms with E-state index in [9.17, 15) is 4.79 Å². The van der Waals surface area contributed by atoms with E-state index in [-0.39, 0.29) is 5.91 Å². The topological polar surface area (TPSA) is 49.3 Å². The van der Waals surface area contributed by atoms with Gasteiger partial charge in [0.25, 0.3) is 5.91 Å². The van der Waals surface area contributed by atoms with Crippen molar-refractivity contribution in [3.05, 3.63) is 75.6 Å². The normalized spacial score (nSPS) is 14.2. The molecule has 1 aromatic heterocycles. The molecule has 0 aliphatic carbocycles. The molecule has 0 atom stereocenters. The van der Waals surface area contributed by atoms with E-state index in [0.717, 1.165) is 45.1 Å². The lowest BCUT2D eigenvalue weighted by Gasteiger charge is -2.35. The molecule has 1 aliphatic rings. The lowest BCUT2D eigenvalue weighted by atomic mass is 10.1. The molecule has 6 heteroatoms. The molecule has 0 radical (unpaired) electrons. The van der Waals surface area contributed by atoms with Gasteiger partial charge >= 0.3 is 0 Å². The van der Waals surface area contributed by atoms with E-state index >= 15 is 0 Å². The Morgan fingerprint density at radius 3 is 2.32 bits per heavy atom. The highest BCUT2D eigenvalue weighted by molar-refractivity contribution is 14.1. The Hall–Kier alpha value is -2.48. The Morgan fingerprint density at radius 2 is 1.61 bits per heavy atom. The van der Waals surface area contributed by atoms with E-state index in [4.69, 9.17) is 0 Å². The smallest absolute Gasteiger partial charge is 0.255 e. The van der Waals surface area contributed by atoms with Crippen molar-refractivity contribution in [1.29, 1.82) is 0 Å². The maximum atomic E-state index is 12.8. The van der Waals surface area contributed by atoms with Gasteiger partial charge in [0.15, 0.2) is 0 Å². The Kier molecular flexibility index (Phi) is 5.57. The number of carbonyl (C=O) groups excluding carboxylic acids is 1. The summed E-state index contributed by atoms with van der Waals surface area (Å²) in [4.78, 5) is 26.2. The molecule has 1 amide bonds. The molecule has 1 aliphatic heterocycles. The summed E-state index contributed by atoms with van der Waals surface area (Å²) in [5, 5.41) is 0. The lowest BCUT2D eigenvalue weighted by Crippen LogP contribution is -2.49. The molecule has 1 fully saturated rings. The predicted molar refractivity (Wildman–Crippen MR) is 119 cm³/mol. The summed E-state index contributed by atoms with van der Waals surface area (Å²) in [6, 6.07) is 19.9. The van der Waals surface area contributed by atoms with E-state index < -0.39 is 0 Å². The Bertz CT molecular complexity index is 985. The summed E-state index contributed by atoms with van der Waals surface area (Å²) in [6.07, 6.45) is 0. The van der Waals surface area contributed by atoms with Crippen LogP contribution in [0.3, 0.4) is 0 Å². The van der Waals surface area contributed by atoms with Crippen LogP contribution in [0.25, 0.3) is 11.3 Å². The highest BCUT2D eigenvalue weighted by atomic mass is 127. The molecule has 4 rings (SSSR count). The number of rotatable bonds is 3. The number of aromatic nitrogens is 2. The SMILES string of the molecule is Cc1nc(-c2ccccc2)cc(N2CCN(C(=O)c3ccccc3I)CC2)n1. The molecule has 5 nitrogen and oxygen atoms in total. The minimum absolute atomic E-state index is 0.105. The molecule has 2 aromatic carbocycles. The van der Waals surface area contributed by atoms with Crippen molar-refractivity contribution in [2.45, 2.75) is 6.92 Å². The molecule has 142 valence electrons. The van der Waals surface area contributed by atoms with Gasteiger partial charge in [-0.05, 0) is 41.6 Å². The summed E-state index contributed by atoms with van der Waals surface area (Å²) < 4.78 is 0.992. The zero-order chi connectivity index (χ0) is 19.5. The number of aryl methyl sites for hydroxylation is 1. The van der Waals surface area contributed by atoms with Crippen LogP contribution in [0, 0.1) is 10.5 Å². The fourth-order valence-corrected chi connectivity index (χ4v) is 4.03. The first-order valence-electron chi connectivity index (χ1n) is 9.32. The van der Waals surface area contributed by atoms with Crippen molar-refractivity contribution in [2.24, 2.45) is 0 Å². The number of nitrogens with zero attached hydrogens (tertiary/aromatic N) is 4. The molecule has 0 N–H and O–H groups in total. The molecule has 0 unspecified atom stereocenters. The number of anilines is 1. The van der Waals surface area contributed by atoms with E-state index in [1.54, 1.807) is 0 Å². The van der Waals surface area contributed by atoms with Gasteiger partial charge in [0.05, 0.1) is 11.3 Å². The molecular weight excluding hydrogens is 463 g/mol. The third-order valence-electron chi connectivity index (χ3n) is 4.89. The monoisotopic (exact) mass is 484 g/mol. The van der Waals surface area contributed by atoms with Gasteiger partial charge in [-0.15, -0.1) is 0 Å². The number of benzene rings is 2. The molecule has 28 heavy (non-hydrogen) atoms. The van der Waals surface area contributed by atoms with Gasteiger partial charge in [0.1, 0.15) is 11.6 Å². The van der Waals surface area contributed by atoms with Gasteiger partial charge in [-0.1, -0.05) is 42.5 Å². The second-order valence-electron chi connectivity index (χ2n) is 6.78. The summed E-state index contributed by atoms with van der Waals surface area (Å²) in [5.41, 5.74) is 2.79. The average molecular weight is 484 g/mol. The maximum absolute atomic E-state index is 12.8. The van der Waals surface area contributed by atoms with Crippen LogP contribution >= 0.6 is 22.6 Å². The zero-order valence-electron chi connectivity index (χ0n) is 15.7. The second kappa shape index (κ2) is 8.26. The van der Waals surface area contributed by atoms with Crippen molar-refractivity contribution in [3.63, 3.8) is 0 Å². The van der Waals surface area contributed by atoms with Crippen molar-refractivity contribution < 1.29 is 4.79 Å². The van der Waals surface area contributed by atoms with Gasteiger partial charge < -0.3 is 9.80 Å². The number of carbonyl (C=O) groups is 1. The minimum Gasteiger partial charge on any atom is -0.353 e. The largest absolute Gasteiger partial charge is 0.353 e. The van der Waals surface area contributed by atoms with Gasteiger partial charge in [0.2, 0.25) is 0 Å². The number of amides is 1. The van der Waals surface area contributed by atoms with E-state index in [1.165, 1.54) is 0 Å². The molecule has 0 bridgehead atoms. The van der Waals surface area contributed by atoms with Crippen LogP contribution in [0.4, 0.5) is 5.82 Å². The summed E-state index contributed by atoms with van der Waals surface area (Å²) in [6.45, 7) is 4.83. The average Bonchev–Trinajstić information content (AvgIpc) is 2.74. The number of halogens is 1. The van der Waals surface area contributed by atoms with Crippen LogP contribution in [0.1, 0.15) is 16.2 Å². The van der Waals surface area contributed by atoms with E-state index in [2.05, 4.69) is 49.6 Å². The zero-order valence-corrected chi connectivity index (χ0v) is 17.8. The van der Waals surface area contributed by atoms with Gasteiger partial charge in [0, 0.05) is 41.4 Å². The predicted octanol–water partition coefficient (Wildman–Crippen LogP) is 4.02. The van der Waals surface area contributed by atoms with Crippen LogP contribution < -0.4 is 4.90 Å². The van der Waals surface area contributed by atoms with Gasteiger partial charge in [-0.2, -0.15) is 0 Å². The van der Waals surface area contributed by atoms with Crippen LogP contribution in [0.2, 0.25) is 0 Å². The third-order valence-corrected chi connectivity index (χ3v) is 5.83. The van der Waals surface area contributed by atoms with Crippen LogP contribution in [0.15, 0.2) is 60.7 Å². The highest BCUT2D eigenvalue weighted by Crippen LogP contribution is 2.23. The summed E-state index contributed by atoms with van der Waals surface area (Å²) >= 11 is 2.22. The standard InChI is InChI=1S/C22H21IN4O/c1-16-24-20(17-7-3-2-4-8-17)15-21(25-16)26-11-13-27(14-12-26)22(28)18-9-5-6-10-19(18)23/h2-10,15H,11-14H2,1H3. The number of hydrogen-bond donors (Lipinski definition) is 0. The third kappa shape index (κ3) is 4.01. The summed E-state index contributed by atoms with van der Waals surface area (Å²) in [7, 11) is 0. The molecule has 2 heterocycles. The van der Waals surface area contributed by atoms with Crippen molar-refractivity contribution in [2.75, 3.05) is 31.1 Å². The fourth-order valence-electron chi connectivity index (χ4n) is 3.41. The molecular formula is C22H21IN4O. The van der Waals surface area contributed by atoms with Crippen molar-refractivity contribution >= 4 is 34.3 Å². The first kappa shape index (κ1) is 18.9. The lowest BCUT2D eigenvalue weighted by molar-refractivity contribution is 0.0745. The molecule has 3 aromatic rings. The second-order valence-corrected chi connectivity index (χ2v) is 7.95. The highest BCUT2D eigenvalue weighted by Gasteiger charge is 2.24. The van der Waals surface area contributed by atoms with Gasteiger partial charge in [-0.3, -0.25) is 4.79 Å². The fraction of sp³-hybridized carbons (Fsp3) is 0.227. The van der Waals surface area contributed by atoms with Crippen LogP contribution in [-0.2, 0) is 0 Å². The number of hydrogen-bond acceptors (Lipinski definition) is 4. The molecule has 1 saturated heterocycles. The molecule has 0 saturated carbocycles. The Morgan fingerprint density at radius 1 is 0.929 bits per heavy atom. The first-order chi connectivity index (χ1) is 13.6. The van der Waals surface area contributed by atoms with Crippen LogP contribution in [-0.4, -0.2) is 47.0 Å². The quantitative estimate of drug-likeness (QED) is 0.528. The number of piperazine rings is 1. The van der Waals surface area contributed by atoms with Crippen molar-refractivity contribution in [3.8, 4) is 11.3 Å². The molecule has 0 spiro atoms. The first-order valence-corrected chi connectivity index (χ1v) is 10.4. The van der Waals surface area contributed by atoms with E-state index in [1.807, 2.05) is 60.4 Å².